The summed E-state index contributed by atoms with van der Waals surface area (Å²) < 4.78 is 0. The van der Waals surface area contributed by atoms with Gasteiger partial charge in [0.25, 0.3) is 0 Å². The molecule has 0 bridgehead atoms. The summed E-state index contributed by atoms with van der Waals surface area (Å²) in [6.07, 6.45) is 12.2. The summed E-state index contributed by atoms with van der Waals surface area (Å²) in [6, 6.07) is 1.47. The summed E-state index contributed by atoms with van der Waals surface area (Å²) in [5.41, 5.74) is 0. The highest BCUT2D eigenvalue weighted by molar-refractivity contribution is 5.80. The lowest BCUT2D eigenvalue weighted by atomic mass is 9.94. The maximum Gasteiger partial charge on any atom is 0.191 e. The normalized spacial score (nSPS) is 25.2. The molecule has 0 atom stereocenters. The molecule has 2 N–H and O–H groups in total. The van der Waals surface area contributed by atoms with E-state index in [2.05, 4.69) is 34.3 Å². The fourth-order valence-electron chi connectivity index (χ4n) is 5.14. The van der Waals surface area contributed by atoms with Gasteiger partial charge in [-0.3, -0.25) is 4.99 Å². The summed E-state index contributed by atoms with van der Waals surface area (Å²) in [6.45, 7) is 12.6. The summed E-state index contributed by atoms with van der Waals surface area (Å²) in [5.74, 6) is 1.91. The zero-order valence-corrected chi connectivity index (χ0v) is 17.9. The van der Waals surface area contributed by atoms with E-state index >= 15 is 0 Å². The van der Waals surface area contributed by atoms with Crippen molar-refractivity contribution in [2.75, 3.05) is 45.8 Å². The number of piperidine rings is 2. The Kier molecular flexibility index (Phi) is 8.72. The van der Waals surface area contributed by atoms with Gasteiger partial charge in [0, 0.05) is 38.3 Å². The van der Waals surface area contributed by atoms with Crippen LogP contribution in [-0.4, -0.2) is 73.7 Å². The maximum absolute atomic E-state index is 4.90. The van der Waals surface area contributed by atoms with Crippen molar-refractivity contribution >= 4 is 5.96 Å². The van der Waals surface area contributed by atoms with Crippen molar-refractivity contribution in [2.24, 2.45) is 10.9 Å². The molecule has 3 aliphatic rings. The average molecular weight is 378 g/mol. The van der Waals surface area contributed by atoms with Gasteiger partial charge >= 0.3 is 0 Å². The Balaban J connectivity index is 1.37. The van der Waals surface area contributed by atoms with Gasteiger partial charge in [0.05, 0.1) is 0 Å². The molecule has 3 fully saturated rings. The number of hydrogen-bond acceptors (Lipinski definition) is 3. The number of aliphatic imine (C=N–C) groups is 1. The Labute approximate surface area is 167 Å². The van der Waals surface area contributed by atoms with Crippen LogP contribution in [0, 0.1) is 5.92 Å². The Hall–Kier alpha value is -0.810. The molecular weight excluding hydrogens is 334 g/mol. The predicted octanol–water partition coefficient (Wildman–Crippen LogP) is 3.07. The molecule has 0 spiro atoms. The zero-order chi connectivity index (χ0) is 18.9. The van der Waals surface area contributed by atoms with Gasteiger partial charge in [-0.1, -0.05) is 19.8 Å². The smallest absolute Gasteiger partial charge is 0.191 e. The van der Waals surface area contributed by atoms with Gasteiger partial charge in [-0.2, -0.15) is 0 Å². The second-order valence-electron chi connectivity index (χ2n) is 8.82. The monoisotopic (exact) mass is 377 g/mol. The quantitative estimate of drug-likeness (QED) is 0.529. The first kappa shape index (κ1) is 20.9. The van der Waals surface area contributed by atoms with E-state index in [0.717, 1.165) is 31.0 Å². The molecule has 0 aromatic heterocycles. The van der Waals surface area contributed by atoms with E-state index in [0.29, 0.717) is 6.04 Å². The molecule has 1 saturated carbocycles. The standard InChI is InChI=1S/C22H43N5/c1-3-23-22(24-14-9-19-10-15-26(4-2)16-11-19)25-20-12-17-27(18-13-20)21-7-5-6-8-21/h19-21H,3-18H2,1-2H3,(H2,23,24,25). The SMILES string of the molecule is CCNC(=NCCC1CCN(CC)CC1)NC1CCN(C2CCCC2)CC1. The van der Waals surface area contributed by atoms with Crippen molar-refractivity contribution in [1.82, 2.24) is 20.4 Å². The van der Waals surface area contributed by atoms with Crippen molar-refractivity contribution in [3.63, 3.8) is 0 Å². The van der Waals surface area contributed by atoms with Crippen LogP contribution in [0.15, 0.2) is 4.99 Å². The van der Waals surface area contributed by atoms with E-state index in [1.54, 1.807) is 0 Å². The Morgan fingerprint density at radius 1 is 0.926 bits per heavy atom. The molecule has 0 unspecified atom stereocenters. The number of guanidine groups is 1. The minimum atomic E-state index is 0.591. The number of rotatable bonds is 7. The molecular formula is C22H43N5. The fourth-order valence-corrected chi connectivity index (χ4v) is 5.14. The molecule has 5 nitrogen and oxygen atoms in total. The highest BCUT2D eigenvalue weighted by Gasteiger charge is 2.27. The van der Waals surface area contributed by atoms with Crippen LogP contribution in [0.3, 0.4) is 0 Å². The van der Waals surface area contributed by atoms with Gasteiger partial charge in [-0.25, -0.2) is 0 Å². The lowest BCUT2D eigenvalue weighted by Crippen LogP contribution is -2.50. The second kappa shape index (κ2) is 11.3. The van der Waals surface area contributed by atoms with Gasteiger partial charge in [-0.15, -0.1) is 0 Å². The van der Waals surface area contributed by atoms with Crippen molar-refractivity contribution in [1.29, 1.82) is 0 Å². The largest absolute Gasteiger partial charge is 0.357 e. The van der Waals surface area contributed by atoms with Crippen molar-refractivity contribution in [2.45, 2.75) is 83.7 Å². The van der Waals surface area contributed by atoms with Crippen LogP contribution in [0.4, 0.5) is 0 Å². The van der Waals surface area contributed by atoms with Crippen LogP contribution in [0.1, 0.15) is 71.6 Å². The van der Waals surface area contributed by atoms with Crippen molar-refractivity contribution in [3.05, 3.63) is 0 Å². The van der Waals surface area contributed by atoms with E-state index in [-0.39, 0.29) is 0 Å². The minimum Gasteiger partial charge on any atom is -0.357 e. The van der Waals surface area contributed by atoms with Crippen LogP contribution in [0.5, 0.6) is 0 Å². The van der Waals surface area contributed by atoms with Gasteiger partial charge in [0.1, 0.15) is 0 Å². The van der Waals surface area contributed by atoms with E-state index in [1.165, 1.54) is 90.5 Å². The Bertz CT molecular complexity index is 430. The molecule has 2 saturated heterocycles. The third-order valence-electron chi connectivity index (χ3n) is 7.02. The summed E-state index contributed by atoms with van der Waals surface area (Å²) in [4.78, 5) is 10.2. The third kappa shape index (κ3) is 6.63. The lowest BCUT2D eigenvalue weighted by molar-refractivity contribution is 0.150. The minimum absolute atomic E-state index is 0.591. The predicted molar refractivity (Wildman–Crippen MR) is 115 cm³/mol. The molecule has 1 aliphatic carbocycles. The van der Waals surface area contributed by atoms with E-state index in [9.17, 15) is 0 Å². The zero-order valence-electron chi connectivity index (χ0n) is 17.9. The first-order valence-corrected chi connectivity index (χ1v) is 11.8. The molecule has 0 amide bonds. The Morgan fingerprint density at radius 2 is 1.63 bits per heavy atom. The van der Waals surface area contributed by atoms with Gasteiger partial charge < -0.3 is 20.4 Å². The third-order valence-corrected chi connectivity index (χ3v) is 7.02. The van der Waals surface area contributed by atoms with Gasteiger partial charge in [-0.05, 0) is 77.4 Å². The summed E-state index contributed by atoms with van der Waals surface area (Å²) >= 11 is 0. The van der Waals surface area contributed by atoms with Crippen molar-refractivity contribution in [3.8, 4) is 0 Å². The van der Waals surface area contributed by atoms with Crippen LogP contribution in [0.2, 0.25) is 0 Å². The lowest BCUT2D eigenvalue weighted by Gasteiger charge is -2.36. The van der Waals surface area contributed by atoms with E-state index in [1.807, 2.05) is 0 Å². The van der Waals surface area contributed by atoms with E-state index < -0.39 is 0 Å². The van der Waals surface area contributed by atoms with Crippen LogP contribution in [0.25, 0.3) is 0 Å². The average Bonchev–Trinajstić information content (AvgIpc) is 3.24. The van der Waals surface area contributed by atoms with Crippen molar-refractivity contribution < 1.29 is 0 Å². The number of likely N-dealkylation sites (tertiary alicyclic amines) is 2. The highest BCUT2D eigenvalue weighted by atomic mass is 15.2. The number of nitrogens with zero attached hydrogens (tertiary/aromatic N) is 3. The first-order chi connectivity index (χ1) is 13.3. The molecule has 3 rings (SSSR count). The molecule has 2 aliphatic heterocycles. The molecule has 5 heteroatoms. The summed E-state index contributed by atoms with van der Waals surface area (Å²) in [5, 5.41) is 7.19. The van der Waals surface area contributed by atoms with Crippen LogP contribution < -0.4 is 10.6 Å². The molecule has 0 aromatic rings. The fraction of sp³-hybridized carbons (Fsp3) is 0.955. The van der Waals surface area contributed by atoms with Gasteiger partial charge in [0.15, 0.2) is 5.96 Å². The molecule has 27 heavy (non-hydrogen) atoms. The maximum atomic E-state index is 4.90. The van der Waals surface area contributed by atoms with E-state index in [4.69, 9.17) is 4.99 Å². The van der Waals surface area contributed by atoms with Crippen LogP contribution >= 0.6 is 0 Å². The molecule has 2 heterocycles. The molecule has 156 valence electrons. The molecule has 0 aromatic carbocycles. The van der Waals surface area contributed by atoms with Crippen LogP contribution in [-0.2, 0) is 0 Å². The highest BCUT2D eigenvalue weighted by Crippen LogP contribution is 2.26. The Morgan fingerprint density at radius 3 is 2.26 bits per heavy atom. The number of nitrogens with one attached hydrogen (secondary N) is 2. The number of hydrogen-bond donors (Lipinski definition) is 2. The second-order valence-corrected chi connectivity index (χ2v) is 8.82. The molecule has 0 radical (unpaired) electrons. The summed E-state index contributed by atoms with van der Waals surface area (Å²) in [7, 11) is 0. The van der Waals surface area contributed by atoms with Gasteiger partial charge in [0.2, 0.25) is 0 Å². The first-order valence-electron chi connectivity index (χ1n) is 11.8. The topological polar surface area (TPSA) is 42.9 Å².